The normalized spacial score (nSPS) is 11.4. The van der Waals surface area contributed by atoms with Gasteiger partial charge in [-0.25, -0.2) is 13.4 Å². The van der Waals surface area contributed by atoms with Crippen LogP contribution in [0.15, 0.2) is 58.8 Å². The molecule has 146 valence electrons. The third-order valence-electron chi connectivity index (χ3n) is 4.38. The number of carbonyl (C=O) groups is 1. The Kier molecular flexibility index (Phi) is 6.26. The number of aryl methyl sites for hydroxylation is 1. The molecule has 0 aliphatic heterocycles. The first-order chi connectivity index (χ1) is 13.4. The van der Waals surface area contributed by atoms with E-state index in [9.17, 15) is 13.2 Å². The van der Waals surface area contributed by atoms with Gasteiger partial charge < -0.3 is 5.32 Å². The average molecular weight is 415 g/mol. The molecule has 0 saturated heterocycles. The SMILES string of the molecule is CCc1ccc(-c2nc(CC(=O)Nc3ccc(S(=O)(=O)CC)cc3)cs2)cc1. The molecule has 0 bridgehead atoms. The number of anilines is 1. The number of rotatable bonds is 7. The molecule has 0 atom stereocenters. The van der Waals surface area contributed by atoms with Crippen LogP contribution in [0.2, 0.25) is 0 Å². The van der Waals surface area contributed by atoms with E-state index in [4.69, 9.17) is 0 Å². The Bertz CT molecular complexity index is 1050. The monoisotopic (exact) mass is 414 g/mol. The maximum atomic E-state index is 12.3. The van der Waals surface area contributed by atoms with E-state index in [1.165, 1.54) is 29.0 Å². The van der Waals surface area contributed by atoms with Gasteiger partial charge in [-0.2, -0.15) is 0 Å². The van der Waals surface area contributed by atoms with Crippen molar-refractivity contribution in [3.05, 3.63) is 65.2 Å². The molecule has 0 unspecified atom stereocenters. The second-order valence-electron chi connectivity index (χ2n) is 6.35. The molecular formula is C21H22N2O3S2. The minimum Gasteiger partial charge on any atom is -0.326 e. The standard InChI is InChI=1S/C21H22N2O3S2/c1-3-15-5-7-16(8-6-15)21-23-18(14-27-21)13-20(24)22-17-9-11-19(12-10-17)28(25,26)4-2/h5-12,14H,3-4,13H2,1-2H3,(H,22,24). The fraction of sp³-hybridized carbons (Fsp3) is 0.238. The van der Waals surface area contributed by atoms with Gasteiger partial charge in [-0.05, 0) is 36.2 Å². The van der Waals surface area contributed by atoms with Crippen molar-refractivity contribution in [2.24, 2.45) is 0 Å². The summed E-state index contributed by atoms with van der Waals surface area (Å²) in [5.41, 5.74) is 3.59. The minimum atomic E-state index is -3.24. The highest BCUT2D eigenvalue weighted by Gasteiger charge is 2.12. The first-order valence-corrected chi connectivity index (χ1v) is 11.6. The summed E-state index contributed by atoms with van der Waals surface area (Å²) in [6, 6.07) is 14.5. The third kappa shape index (κ3) is 4.85. The second-order valence-corrected chi connectivity index (χ2v) is 9.48. The lowest BCUT2D eigenvalue weighted by Gasteiger charge is -2.06. The van der Waals surface area contributed by atoms with Crippen LogP contribution >= 0.6 is 11.3 Å². The largest absolute Gasteiger partial charge is 0.326 e. The van der Waals surface area contributed by atoms with Crippen LogP contribution in [0.3, 0.4) is 0 Å². The number of nitrogens with zero attached hydrogens (tertiary/aromatic N) is 1. The van der Waals surface area contributed by atoms with Crippen LogP contribution in [0.1, 0.15) is 25.1 Å². The van der Waals surface area contributed by atoms with Crippen LogP contribution in [0, 0.1) is 0 Å². The van der Waals surface area contributed by atoms with E-state index in [1.54, 1.807) is 19.1 Å². The average Bonchev–Trinajstić information content (AvgIpc) is 3.16. The molecule has 0 saturated carbocycles. The van der Waals surface area contributed by atoms with E-state index in [-0.39, 0.29) is 23.0 Å². The van der Waals surface area contributed by atoms with Crippen LogP contribution in [0.25, 0.3) is 10.6 Å². The fourth-order valence-corrected chi connectivity index (χ4v) is 4.40. The van der Waals surface area contributed by atoms with Crippen LogP contribution < -0.4 is 5.32 Å². The molecule has 3 aromatic rings. The number of aromatic nitrogens is 1. The summed E-state index contributed by atoms with van der Waals surface area (Å²) < 4.78 is 23.7. The Morgan fingerprint density at radius 2 is 1.71 bits per heavy atom. The minimum absolute atomic E-state index is 0.0477. The number of carbonyl (C=O) groups excluding carboxylic acids is 1. The van der Waals surface area contributed by atoms with E-state index in [0.717, 1.165) is 17.0 Å². The van der Waals surface area contributed by atoms with Gasteiger partial charge in [0.05, 0.1) is 22.8 Å². The van der Waals surface area contributed by atoms with Gasteiger partial charge >= 0.3 is 0 Å². The number of sulfone groups is 1. The highest BCUT2D eigenvalue weighted by Crippen LogP contribution is 2.24. The zero-order chi connectivity index (χ0) is 20.1. The molecule has 1 amide bonds. The van der Waals surface area contributed by atoms with Crippen molar-refractivity contribution in [2.45, 2.75) is 31.6 Å². The van der Waals surface area contributed by atoms with Crippen molar-refractivity contribution in [3.8, 4) is 10.6 Å². The van der Waals surface area contributed by atoms with Crippen LogP contribution in [0.5, 0.6) is 0 Å². The topological polar surface area (TPSA) is 76.1 Å². The number of nitrogens with one attached hydrogen (secondary N) is 1. The lowest BCUT2D eigenvalue weighted by Crippen LogP contribution is -2.14. The Morgan fingerprint density at radius 3 is 2.32 bits per heavy atom. The summed E-state index contributed by atoms with van der Waals surface area (Å²) in [5.74, 6) is -0.143. The molecule has 0 radical (unpaired) electrons. The first-order valence-electron chi connectivity index (χ1n) is 9.07. The summed E-state index contributed by atoms with van der Waals surface area (Å²) in [6.07, 6.45) is 1.16. The van der Waals surface area contributed by atoms with Crippen molar-refractivity contribution in [1.29, 1.82) is 0 Å². The van der Waals surface area contributed by atoms with Crippen molar-refractivity contribution < 1.29 is 13.2 Å². The summed E-state index contributed by atoms with van der Waals surface area (Å²) in [7, 11) is -3.24. The predicted molar refractivity (Wildman–Crippen MR) is 113 cm³/mol. The van der Waals surface area contributed by atoms with Crippen LogP contribution in [0.4, 0.5) is 5.69 Å². The number of amides is 1. The van der Waals surface area contributed by atoms with E-state index in [1.807, 2.05) is 17.5 Å². The van der Waals surface area contributed by atoms with Gasteiger partial charge in [0.2, 0.25) is 5.91 Å². The van der Waals surface area contributed by atoms with Crippen molar-refractivity contribution in [2.75, 3.05) is 11.1 Å². The van der Waals surface area contributed by atoms with Crippen LogP contribution in [-0.2, 0) is 27.5 Å². The van der Waals surface area contributed by atoms with Gasteiger partial charge in [-0.3, -0.25) is 4.79 Å². The second kappa shape index (κ2) is 8.67. The molecule has 7 heteroatoms. The van der Waals surface area contributed by atoms with Crippen LogP contribution in [-0.4, -0.2) is 25.1 Å². The molecule has 28 heavy (non-hydrogen) atoms. The lowest BCUT2D eigenvalue weighted by atomic mass is 10.1. The van der Waals surface area contributed by atoms with Crippen molar-refractivity contribution in [3.63, 3.8) is 0 Å². The Balaban J connectivity index is 1.63. The predicted octanol–water partition coefficient (Wildman–Crippen LogP) is 4.35. The summed E-state index contributed by atoms with van der Waals surface area (Å²) in [4.78, 5) is 17.1. The molecule has 1 aromatic heterocycles. The number of thiazole rings is 1. The van der Waals surface area contributed by atoms with Gasteiger partial charge in [-0.1, -0.05) is 38.1 Å². The van der Waals surface area contributed by atoms with E-state index >= 15 is 0 Å². The Hall–Kier alpha value is -2.51. The lowest BCUT2D eigenvalue weighted by molar-refractivity contribution is -0.115. The molecule has 5 nitrogen and oxygen atoms in total. The Morgan fingerprint density at radius 1 is 1.04 bits per heavy atom. The van der Waals surface area contributed by atoms with E-state index in [0.29, 0.717) is 11.4 Å². The number of hydrogen-bond donors (Lipinski definition) is 1. The van der Waals surface area contributed by atoms with Gasteiger partial charge in [0.1, 0.15) is 5.01 Å². The molecule has 0 aliphatic rings. The van der Waals surface area contributed by atoms with Crippen molar-refractivity contribution >= 4 is 32.8 Å². The molecule has 0 fully saturated rings. The molecular weight excluding hydrogens is 392 g/mol. The highest BCUT2D eigenvalue weighted by molar-refractivity contribution is 7.91. The maximum absolute atomic E-state index is 12.3. The van der Waals surface area contributed by atoms with E-state index in [2.05, 4.69) is 29.4 Å². The number of hydrogen-bond acceptors (Lipinski definition) is 5. The van der Waals surface area contributed by atoms with Gasteiger partial charge in [0.15, 0.2) is 9.84 Å². The highest BCUT2D eigenvalue weighted by atomic mass is 32.2. The summed E-state index contributed by atoms with van der Waals surface area (Å²) in [6.45, 7) is 3.72. The first kappa shape index (κ1) is 20.2. The zero-order valence-electron chi connectivity index (χ0n) is 15.8. The summed E-state index contributed by atoms with van der Waals surface area (Å²) >= 11 is 1.51. The quantitative estimate of drug-likeness (QED) is 0.624. The van der Waals surface area contributed by atoms with Crippen molar-refractivity contribution in [1.82, 2.24) is 4.98 Å². The third-order valence-corrected chi connectivity index (χ3v) is 7.07. The Labute approximate surface area is 169 Å². The van der Waals surface area contributed by atoms with Gasteiger partial charge in [-0.15, -0.1) is 11.3 Å². The number of benzene rings is 2. The zero-order valence-corrected chi connectivity index (χ0v) is 17.4. The maximum Gasteiger partial charge on any atom is 0.230 e. The summed E-state index contributed by atoms with van der Waals surface area (Å²) in [5, 5.41) is 5.56. The molecule has 1 heterocycles. The van der Waals surface area contributed by atoms with Gasteiger partial charge in [0.25, 0.3) is 0 Å². The van der Waals surface area contributed by atoms with Gasteiger partial charge in [0, 0.05) is 16.6 Å². The molecule has 1 N–H and O–H groups in total. The molecule has 0 aliphatic carbocycles. The molecule has 0 spiro atoms. The fourth-order valence-electron chi connectivity index (χ4n) is 2.69. The smallest absolute Gasteiger partial charge is 0.230 e. The molecule has 3 rings (SSSR count). The van der Waals surface area contributed by atoms with E-state index < -0.39 is 9.84 Å². The molecule has 2 aromatic carbocycles.